The van der Waals surface area contributed by atoms with Gasteiger partial charge in [0.15, 0.2) is 0 Å². The summed E-state index contributed by atoms with van der Waals surface area (Å²) >= 11 is 0. The molecule has 0 atom stereocenters. The molecule has 0 saturated carbocycles. The zero-order chi connectivity index (χ0) is 9.97. The number of imidazole rings is 1. The highest BCUT2D eigenvalue weighted by molar-refractivity contribution is 5.48. The van der Waals surface area contributed by atoms with Crippen molar-refractivity contribution in [2.75, 3.05) is 6.54 Å². The van der Waals surface area contributed by atoms with Crippen molar-refractivity contribution in [1.82, 2.24) is 14.7 Å². The molecule has 0 aromatic carbocycles. The second-order valence-corrected chi connectivity index (χ2v) is 3.41. The molecule has 3 heteroatoms. The van der Waals surface area contributed by atoms with E-state index in [0.29, 0.717) is 0 Å². The summed E-state index contributed by atoms with van der Waals surface area (Å²) in [5.41, 5.74) is 3.49. The summed E-state index contributed by atoms with van der Waals surface area (Å²) in [7, 11) is 0. The standard InChI is InChI=1S/C11H15N3/c1-3-12-8-10-5-4-6-14-9(2)7-13-11(10)14/h4-7,12H,3,8H2,1-2H3. The molecule has 2 aromatic rings. The molecule has 74 valence electrons. The van der Waals surface area contributed by atoms with Gasteiger partial charge in [0.1, 0.15) is 5.65 Å². The molecule has 0 radical (unpaired) electrons. The molecule has 0 spiro atoms. The molecule has 0 amide bonds. The van der Waals surface area contributed by atoms with E-state index in [1.54, 1.807) is 0 Å². The first-order valence-corrected chi connectivity index (χ1v) is 4.95. The van der Waals surface area contributed by atoms with Gasteiger partial charge in [0.2, 0.25) is 0 Å². The summed E-state index contributed by atoms with van der Waals surface area (Å²) in [6.45, 7) is 6.05. The molecule has 14 heavy (non-hydrogen) atoms. The summed E-state index contributed by atoms with van der Waals surface area (Å²) in [6, 6.07) is 4.18. The van der Waals surface area contributed by atoms with Gasteiger partial charge in [-0.05, 0) is 19.5 Å². The van der Waals surface area contributed by atoms with Crippen LogP contribution in [0.2, 0.25) is 0 Å². The Hall–Kier alpha value is -1.35. The Morgan fingerprint density at radius 1 is 1.50 bits per heavy atom. The monoisotopic (exact) mass is 189 g/mol. The lowest BCUT2D eigenvalue weighted by Gasteiger charge is -2.04. The molecular weight excluding hydrogens is 174 g/mol. The van der Waals surface area contributed by atoms with Gasteiger partial charge >= 0.3 is 0 Å². The molecule has 0 aliphatic rings. The molecule has 0 fully saturated rings. The first-order valence-electron chi connectivity index (χ1n) is 4.95. The van der Waals surface area contributed by atoms with Crippen LogP contribution in [0.3, 0.4) is 0 Å². The first-order chi connectivity index (χ1) is 6.83. The summed E-state index contributed by atoms with van der Waals surface area (Å²) < 4.78 is 2.12. The quantitative estimate of drug-likeness (QED) is 0.797. The van der Waals surface area contributed by atoms with Gasteiger partial charge in [0, 0.05) is 30.2 Å². The Labute approximate surface area is 83.8 Å². The van der Waals surface area contributed by atoms with Crippen molar-refractivity contribution in [1.29, 1.82) is 0 Å². The minimum atomic E-state index is 0.886. The molecule has 0 aliphatic carbocycles. The third-order valence-electron chi connectivity index (χ3n) is 2.37. The number of fused-ring (bicyclic) bond motifs is 1. The summed E-state index contributed by atoms with van der Waals surface area (Å²) in [5, 5.41) is 3.31. The van der Waals surface area contributed by atoms with Crippen LogP contribution < -0.4 is 5.32 Å². The second-order valence-electron chi connectivity index (χ2n) is 3.41. The Balaban J connectivity index is 2.44. The second kappa shape index (κ2) is 3.80. The summed E-state index contributed by atoms with van der Waals surface area (Å²) in [6.07, 6.45) is 3.96. The van der Waals surface area contributed by atoms with Crippen LogP contribution in [0.25, 0.3) is 5.65 Å². The fourth-order valence-corrected chi connectivity index (χ4v) is 1.59. The van der Waals surface area contributed by atoms with E-state index in [0.717, 1.165) is 18.7 Å². The number of aromatic nitrogens is 2. The largest absolute Gasteiger partial charge is 0.313 e. The zero-order valence-electron chi connectivity index (χ0n) is 8.62. The highest BCUT2D eigenvalue weighted by Crippen LogP contribution is 2.10. The van der Waals surface area contributed by atoms with Crippen molar-refractivity contribution in [3.63, 3.8) is 0 Å². The predicted octanol–water partition coefficient (Wildman–Crippen LogP) is 1.75. The van der Waals surface area contributed by atoms with Crippen molar-refractivity contribution in [2.45, 2.75) is 20.4 Å². The van der Waals surface area contributed by atoms with Crippen molar-refractivity contribution >= 4 is 5.65 Å². The summed E-state index contributed by atoms with van der Waals surface area (Å²) in [5.74, 6) is 0. The molecule has 2 rings (SSSR count). The smallest absolute Gasteiger partial charge is 0.141 e. The number of rotatable bonds is 3. The van der Waals surface area contributed by atoms with E-state index in [9.17, 15) is 0 Å². The topological polar surface area (TPSA) is 29.3 Å². The third-order valence-corrected chi connectivity index (χ3v) is 2.37. The average Bonchev–Trinajstić information content (AvgIpc) is 2.58. The van der Waals surface area contributed by atoms with E-state index in [1.807, 2.05) is 12.4 Å². The molecule has 0 unspecified atom stereocenters. The van der Waals surface area contributed by atoms with Gasteiger partial charge in [0.25, 0.3) is 0 Å². The lowest BCUT2D eigenvalue weighted by Crippen LogP contribution is -2.12. The SMILES string of the molecule is CCNCc1cccn2c(C)cnc12. The van der Waals surface area contributed by atoms with Gasteiger partial charge in [-0.25, -0.2) is 4.98 Å². The van der Waals surface area contributed by atoms with Gasteiger partial charge in [-0.15, -0.1) is 0 Å². The zero-order valence-corrected chi connectivity index (χ0v) is 8.62. The van der Waals surface area contributed by atoms with Gasteiger partial charge in [-0.2, -0.15) is 0 Å². The molecule has 2 aromatic heterocycles. The molecule has 1 N–H and O–H groups in total. The maximum atomic E-state index is 4.39. The number of nitrogens with zero attached hydrogens (tertiary/aromatic N) is 2. The first kappa shape index (κ1) is 9.21. The van der Waals surface area contributed by atoms with E-state index in [2.05, 4.69) is 40.7 Å². The maximum Gasteiger partial charge on any atom is 0.141 e. The molecule has 2 heterocycles. The molecule has 3 nitrogen and oxygen atoms in total. The lowest BCUT2D eigenvalue weighted by molar-refractivity contribution is 0.727. The minimum absolute atomic E-state index is 0.886. The van der Waals surface area contributed by atoms with Crippen molar-refractivity contribution in [3.05, 3.63) is 35.8 Å². The van der Waals surface area contributed by atoms with Crippen LogP contribution in [0, 0.1) is 6.92 Å². The molecular formula is C11H15N3. The van der Waals surface area contributed by atoms with Crippen LogP contribution in [-0.4, -0.2) is 15.9 Å². The van der Waals surface area contributed by atoms with Crippen LogP contribution >= 0.6 is 0 Å². The van der Waals surface area contributed by atoms with Crippen molar-refractivity contribution in [2.24, 2.45) is 0 Å². The van der Waals surface area contributed by atoms with Crippen LogP contribution in [0.15, 0.2) is 24.5 Å². The van der Waals surface area contributed by atoms with Crippen molar-refractivity contribution in [3.8, 4) is 0 Å². The number of aryl methyl sites for hydroxylation is 1. The van der Waals surface area contributed by atoms with E-state index in [-0.39, 0.29) is 0 Å². The normalized spacial score (nSPS) is 11.0. The molecule has 0 bridgehead atoms. The van der Waals surface area contributed by atoms with Gasteiger partial charge in [-0.3, -0.25) is 0 Å². The number of hydrogen-bond donors (Lipinski definition) is 1. The van der Waals surface area contributed by atoms with Gasteiger partial charge < -0.3 is 9.72 Å². The van der Waals surface area contributed by atoms with Crippen LogP contribution in [0.5, 0.6) is 0 Å². The van der Waals surface area contributed by atoms with E-state index in [4.69, 9.17) is 0 Å². The van der Waals surface area contributed by atoms with Gasteiger partial charge in [-0.1, -0.05) is 13.0 Å². The Kier molecular flexibility index (Phi) is 2.50. The van der Waals surface area contributed by atoms with Crippen LogP contribution in [0.4, 0.5) is 0 Å². The predicted molar refractivity (Wildman–Crippen MR) is 57.3 cm³/mol. The highest BCUT2D eigenvalue weighted by Gasteiger charge is 2.03. The maximum absolute atomic E-state index is 4.39. The Morgan fingerprint density at radius 2 is 2.36 bits per heavy atom. The average molecular weight is 189 g/mol. The minimum Gasteiger partial charge on any atom is -0.313 e. The fourth-order valence-electron chi connectivity index (χ4n) is 1.59. The van der Waals surface area contributed by atoms with E-state index >= 15 is 0 Å². The number of hydrogen-bond acceptors (Lipinski definition) is 2. The van der Waals surface area contributed by atoms with Gasteiger partial charge in [0.05, 0.1) is 0 Å². The third kappa shape index (κ3) is 1.51. The molecule has 0 aliphatic heterocycles. The molecule has 0 saturated heterocycles. The van der Waals surface area contributed by atoms with Crippen LogP contribution in [-0.2, 0) is 6.54 Å². The van der Waals surface area contributed by atoms with Crippen molar-refractivity contribution < 1.29 is 0 Å². The van der Waals surface area contributed by atoms with Crippen LogP contribution in [0.1, 0.15) is 18.2 Å². The fraction of sp³-hybridized carbons (Fsp3) is 0.364. The number of pyridine rings is 1. The number of nitrogens with one attached hydrogen (secondary N) is 1. The van der Waals surface area contributed by atoms with E-state index in [1.165, 1.54) is 11.3 Å². The lowest BCUT2D eigenvalue weighted by atomic mass is 10.2. The van der Waals surface area contributed by atoms with E-state index < -0.39 is 0 Å². The highest BCUT2D eigenvalue weighted by atomic mass is 15.0. The summed E-state index contributed by atoms with van der Waals surface area (Å²) in [4.78, 5) is 4.39. The Morgan fingerprint density at radius 3 is 3.14 bits per heavy atom. The Bertz CT molecular complexity index is 431.